The van der Waals surface area contributed by atoms with Gasteiger partial charge in [0.05, 0.1) is 23.9 Å². The molecule has 2 aromatic heterocycles. The van der Waals surface area contributed by atoms with E-state index in [2.05, 4.69) is 35.4 Å². The number of fused-ring (bicyclic) bond motifs is 1. The van der Waals surface area contributed by atoms with Crippen LogP contribution in [0.15, 0.2) is 61.1 Å². The quantitative estimate of drug-likeness (QED) is 0.484. The third-order valence-electron chi connectivity index (χ3n) is 3.58. The van der Waals surface area contributed by atoms with Gasteiger partial charge in [-0.25, -0.2) is 14.8 Å². The number of imidazole rings is 1. The smallest absolute Gasteiger partial charge is 0.229 e. The predicted molar refractivity (Wildman–Crippen MR) is 97.4 cm³/mol. The van der Waals surface area contributed by atoms with Gasteiger partial charge in [0.25, 0.3) is 0 Å². The van der Waals surface area contributed by atoms with Crippen LogP contribution in [0.4, 0.5) is 28.8 Å². The van der Waals surface area contributed by atoms with E-state index in [-0.39, 0.29) is 0 Å². The summed E-state index contributed by atoms with van der Waals surface area (Å²) in [6, 6.07) is 14.8. The van der Waals surface area contributed by atoms with Gasteiger partial charge in [0.2, 0.25) is 5.95 Å². The Morgan fingerprint density at radius 3 is 2.80 bits per heavy atom. The highest BCUT2D eigenvalue weighted by Crippen LogP contribution is 2.22. The van der Waals surface area contributed by atoms with E-state index in [4.69, 9.17) is 6.57 Å². The summed E-state index contributed by atoms with van der Waals surface area (Å²) in [6.07, 6.45) is 3.34. The minimum Gasteiger partial charge on any atom is -0.345 e. The van der Waals surface area contributed by atoms with Crippen LogP contribution in [0.5, 0.6) is 0 Å². The van der Waals surface area contributed by atoms with Crippen LogP contribution < -0.4 is 10.6 Å². The van der Waals surface area contributed by atoms with Crippen LogP contribution in [0, 0.1) is 6.57 Å². The average Bonchev–Trinajstić information content (AvgIpc) is 3.10. The fraction of sp³-hybridized carbons (Fsp3) is 0. The van der Waals surface area contributed by atoms with Gasteiger partial charge in [-0.1, -0.05) is 12.1 Å². The molecule has 0 aliphatic heterocycles. The van der Waals surface area contributed by atoms with Crippen LogP contribution in [0.1, 0.15) is 0 Å². The van der Waals surface area contributed by atoms with Gasteiger partial charge < -0.3 is 15.6 Å². The second-order valence-corrected chi connectivity index (χ2v) is 5.31. The van der Waals surface area contributed by atoms with Crippen molar-refractivity contribution in [1.82, 2.24) is 19.9 Å². The summed E-state index contributed by atoms with van der Waals surface area (Å²) in [5.41, 5.74) is 4.09. The van der Waals surface area contributed by atoms with E-state index >= 15 is 0 Å². The third kappa shape index (κ3) is 3.23. The molecule has 0 fully saturated rings. The lowest BCUT2D eigenvalue weighted by Crippen LogP contribution is -2.00. The number of hydrogen-bond acceptors (Lipinski definition) is 5. The molecule has 4 rings (SSSR count). The maximum atomic E-state index is 7.07. The molecule has 0 saturated heterocycles. The van der Waals surface area contributed by atoms with Crippen molar-refractivity contribution < 1.29 is 0 Å². The molecule has 0 spiro atoms. The van der Waals surface area contributed by atoms with E-state index in [0.29, 0.717) is 17.5 Å². The lowest BCUT2D eigenvalue weighted by Gasteiger charge is -2.09. The topological polar surface area (TPSA) is 82.9 Å². The van der Waals surface area contributed by atoms with E-state index in [9.17, 15) is 0 Å². The molecule has 4 aromatic rings. The highest BCUT2D eigenvalue weighted by atomic mass is 15.1. The Balaban J connectivity index is 1.55. The van der Waals surface area contributed by atoms with Crippen molar-refractivity contribution in [2.45, 2.75) is 0 Å². The molecule has 7 nitrogen and oxygen atoms in total. The number of benzene rings is 2. The third-order valence-corrected chi connectivity index (χ3v) is 3.58. The molecule has 2 aromatic carbocycles. The predicted octanol–water partition coefficient (Wildman–Crippen LogP) is 4.39. The van der Waals surface area contributed by atoms with Gasteiger partial charge in [-0.15, -0.1) is 0 Å². The van der Waals surface area contributed by atoms with Crippen LogP contribution in [-0.4, -0.2) is 19.9 Å². The number of aromatic nitrogens is 4. The Bertz CT molecular complexity index is 1080. The van der Waals surface area contributed by atoms with Gasteiger partial charge in [0, 0.05) is 17.6 Å². The molecule has 0 bridgehead atoms. The summed E-state index contributed by atoms with van der Waals surface area (Å²) in [7, 11) is 0. The molecular formula is C18H13N7. The number of H-pyrrole nitrogens is 1. The summed E-state index contributed by atoms with van der Waals surface area (Å²) >= 11 is 0. The summed E-state index contributed by atoms with van der Waals surface area (Å²) in [5.74, 6) is 1.12. The lowest BCUT2D eigenvalue weighted by atomic mass is 10.3. The van der Waals surface area contributed by atoms with E-state index < -0.39 is 0 Å². The van der Waals surface area contributed by atoms with Crippen molar-refractivity contribution in [2.24, 2.45) is 0 Å². The monoisotopic (exact) mass is 327 g/mol. The first kappa shape index (κ1) is 14.7. The van der Waals surface area contributed by atoms with Crippen molar-refractivity contribution in [3.8, 4) is 0 Å². The van der Waals surface area contributed by atoms with Crippen molar-refractivity contribution in [3.05, 3.63) is 72.5 Å². The highest BCUT2D eigenvalue weighted by molar-refractivity contribution is 5.79. The zero-order chi connectivity index (χ0) is 17.1. The Morgan fingerprint density at radius 2 is 1.88 bits per heavy atom. The minimum atomic E-state index is 0.453. The minimum absolute atomic E-state index is 0.453. The molecule has 7 heteroatoms. The standard InChI is InChI=1S/C18H13N7/c1-19-12-3-2-4-13(9-12)24-18-20-8-7-17(25-18)23-14-5-6-15-16(10-14)22-11-21-15/h2-11H,(H,21,22)(H2,20,23,24,25). The normalized spacial score (nSPS) is 10.4. The number of rotatable bonds is 4. The fourth-order valence-electron chi connectivity index (χ4n) is 2.43. The summed E-state index contributed by atoms with van der Waals surface area (Å²) in [4.78, 5) is 19.4. The average molecular weight is 327 g/mol. The van der Waals surface area contributed by atoms with E-state index in [1.165, 1.54) is 0 Å². The zero-order valence-corrected chi connectivity index (χ0v) is 13.1. The van der Waals surface area contributed by atoms with Crippen molar-refractivity contribution in [1.29, 1.82) is 0 Å². The summed E-state index contributed by atoms with van der Waals surface area (Å²) < 4.78 is 0. The Morgan fingerprint density at radius 1 is 0.960 bits per heavy atom. The molecule has 0 radical (unpaired) electrons. The molecule has 0 aliphatic carbocycles. The van der Waals surface area contributed by atoms with Crippen molar-refractivity contribution >= 4 is 39.9 Å². The molecule has 0 unspecified atom stereocenters. The number of nitrogens with zero attached hydrogens (tertiary/aromatic N) is 4. The van der Waals surface area contributed by atoms with Gasteiger partial charge in [0.15, 0.2) is 5.69 Å². The summed E-state index contributed by atoms with van der Waals surface area (Å²) in [5, 5.41) is 6.36. The van der Waals surface area contributed by atoms with Gasteiger partial charge >= 0.3 is 0 Å². The van der Waals surface area contributed by atoms with Gasteiger partial charge in [0.1, 0.15) is 5.82 Å². The van der Waals surface area contributed by atoms with Gasteiger partial charge in [-0.2, -0.15) is 4.98 Å². The fourth-order valence-corrected chi connectivity index (χ4v) is 2.43. The van der Waals surface area contributed by atoms with Gasteiger partial charge in [-0.3, -0.25) is 0 Å². The largest absolute Gasteiger partial charge is 0.345 e. The first-order valence-electron chi connectivity index (χ1n) is 7.58. The van der Waals surface area contributed by atoms with Crippen molar-refractivity contribution in [2.75, 3.05) is 10.6 Å². The molecule has 0 atom stereocenters. The molecule has 0 saturated carbocycles. The number of anilines is 4. The first-order chi connectivity index (χ1) is 12.3. The molecule has 2 heterocycles. The van der Waals surface area contributed by atoms with Crippen LogP contribution >= 0.6 is 0 Å². The lowest BCUT2D eigenvalue weighted by molar-refractivity contribution is 1.17. The molecular weight excluding hydrogens is 314 g/mol. The van der Waals surface area contributed by atoms with Crippen LogP contribution in [0.3, 0.4) is 0 Å². The maximum absolute atomic E-state index is 7.07. The highest BCUT2D eigenvalue weighted by Gasteiger charge is 2.03. The van der Waals surface area contributed by atoms with Crippen LogP contribution in [0.25, 0.3) is 15.9 Å². The second-order valence-electron chi connectivity index (χ2n) is 5.31. The Kier molecular flexibility index (Phi) is 3.69. The first-order valence-corrected chi connectivity index (χ1v) is 7.58. The second kappa shape index (κ2) is 6.29. The van der Waals surface area contributed by atoms with E-state index in [1.54, 1.807) is 30.7 Å². The number of nitrogens with one attached hydrogen (secondary N) is 3. The Labute approximate surface area is 143 Å². The molecule has 0 amide bonds. The summed E-state index contributed by atoms with van der Waals surface area (Å²) in [6.45, 7) is 7.07. The van der Waals surface area contributed by atoms with E-state index in [1.807, 2.05) is 30.3 Å². The number of aromatic amines is 1. The Hall–Kier alpha value is -3.92. The SMILES string of the molecule is [C-]#[N+]c1cccc(Nc2nccc(Nc3ccc4nc[nH]c4c3)n2)c1. The van der Waals surface area contributed by atoms with Gasteiger partial charge in [-0.05, 0) is 36.4 Å². The molecule has 120 valence electrons. The molecule has 25 heavy (non-hydrogen) atoms. The molecule has 3 N–H and O–H groups in total. The maximum Gasteiger partial charge on any atom is 0.229 e. The van der Waals surface area contributed by atoms with Crippen molar-refractivity contribution in [3.63, 3.8) is 0 Å². The van der Waals surface area contributed by atoms with E-state index in [0.717, 1.165) is 22.4 Å². The van der Waals surface area contributed by atoms with Crippen LogP contribution in [0.2, 0.25) is 0 Å². The number of hydrogen-bond donors (Lipinski definition) is 3. The zero-order valence-electron chi connectivity index (χ0n) is 13.1. The van der Waals surface area contributed by atoms with Crippen LogP contribution in [-0.2, 0) is 0 Å². The molecule has 0 aliphatic rings.